The van der Waals surface area contributed by atoms with Crippen molar-refractivity contribution in [3.8, 4) is 11.5 Å². The van der Waals surface area contributed by atoms with Crippen molar-refractivity contribution in [3.63, 3.8) is 0 Å². The van der Waals surface area contributed by atoms with Crippen LogP contribution in [0.3, 0.4) is 0 Å². The minimum atomic E-state index is -0.0479. The standard InChI is InChI=1S/C20H24N2O3/c23-20(21-11-4-12-22-13-15-24-16-14-22)17-7-9-19(10-8-17)25-18-5-2-1-3-6-18/h1-3,5-10H,4,11-16H2,(H,21,23). The molecule has 0 bridgehead atoms. The number of nitrogens with one attached hydrogen (secondary N) is 1. The Morgan fingerprint density at radius 2 is 1.68 bits per heavy atom. The van der Waals surface area contributed by atoms with Crippen LogP contribution in [0.2, 0.25) is 0 Å². The van der Waals surface area contributed by atoms with Crippen molar-refractivity contribution in [2.75, 3.05) is 39.4 Å². The summed E-state index contributed by atoms with van der Waals surface area (Å²) in [6.45, 7) is 5.26. The summed E-state index contributed by atoms with van der Waals surface area (Å²) in [4.78, 5) is 14.5. The van der Waals surface area contributed by atoms with Gasteiger partial charge < -0.3 is 14.8 Å². The van der Waals surface area contributed by atoms with Gasteiger partial charge in [0.25, 0.3) is 5.91 Å². The second-order valence-corrected chi connectivity index (χ2v) is 6.00. The third kappa shape index (κ3) is 5.59. The molecule has 0 aliphatic carbocycles. The third-order valence-electron chi connectivity index (χ3n) is 4.14. The lowest BCUT2D eigenvalue weighted by molar-refractivity contribution is 0.0374. The summed E-state index contributed by atoms with van der Waals surface area (Å²) in [7, 11) is 0. The Morgan fingerprint density at radius 1 is 1.00 bits per heavy atom. The van der Waals surface area contributed by atoms with E-state index in [-0.39, 0.29) is 5.91 Å². The van der Waals surface area contributed by atoms with Crippen molar-refractivity contribution in [3.05, 3.63) is 60.2 Å². The monoisotopic (exact) mass is 340 g/mol. The molecule has 1 N–H and O–H groups in total. The van der Waals surface area contributed by atoms with Gasteiger partial charge in [-0.25, -0.2) is 0 Å². The fourth-order valence-corrected chi connectivity index (χ4v) is 2.73. The first kappa shape index (κ1) is 17.5. The molecule has 3 rings (SSSR count). The van der Waals surface area contributed by atoms with Crippen LogP contribution < -0.4 is 10.1 Å². The quantitative estimate of drug-likeness (QED) is 0.788. The molecule has 2 aromatic carbocycles. The van der Waals surface area contributed by atoms with E-state index in [1.807, 2.05) is 42.5 Å². The van der Waals surface area contributed by atoms with E-state index in [0.717, 1.165) is 50.8 Å². The predicted octanol–water partition coefficient (Wildman–Crippen LogP) is 2.93. The first-order valence-electron chi connectivity index (χ1n) is 8.72. The number of carbonyl (C=O) groups is 1. The zero-order chi connectivity index (χ0) is 17.3. The van der Waals surface area contributed by atoms with Gasteiger partial charge in [0.15, 0.2) is 0 Å². The molecule has 1 heterocycles. The Labute approximate surface area is 148 Å². The van der Waals surface area contributed by atoms with Crippen LogP contribution >= 0.6 is 0 Å². The number of para-hydroxylation sites is 1. The van der Waals surface area contributed by atoms with Crippen molar-refractivity contribution in [1.29, 1.82) is 0 Å². The molecule has 1 amide bonds. The Kier molecular flexibility index (Phi) is 6.42. The van der Waals surface area contributed by atoms with Gasteiger partial charge in [-0.3, -0.25) is 9.69 Å². The van der Waals surface area contributed by atoms with Crippen LogP contribution in [0.1, 0.15) is 16.8 Å². The van der Waals surface area contributed by atoms with Crippen molar-refractivity contribution >= 4 is 5.91 Å². The van der Waals surface area contributed by atoms with Crippen LogP contribution in [0.15, 0.2) is 54.6 Å². The maximum Gasteiger partial charge on any atom is 0.251 e. The molecular formula is C20H24N2O3. The second-order valence-electron chi connectivity index (χ2n) is 6.00. The molecule has 1 aliphatic heterocycles. The lowest BCUT2D eigenvalue weighted by atomic mass is 10.2. The molecule has 0 spiro atoms. The molecule has 25 heavy (non-hydrogen) atoms. The Balaban J connectivity index is 1.41. The summed E-state index contributed by atoms with van der Waals surface area (Å²) in [5, 5.41) is 2.97. The lowest BCUT2D eigenvalue weighted by Gasteiger charge is -2.26. The predicted molar refractivity (Wildman–Crippen MR) is 97.2 cm³/mol. The van der Waals surface area contributed by atoms with Crippen molar-refractivity contribution in [2.45, 2.75) is 6.42 Å². The summed E-state index contributed by atoms with van der Waals surface area (Å²) < 4.78 is 11.1. The van der Waals surface area contributed by atoms with E-state index in [1.165, 1.54) is 0 Å². The number of ether oxygens (including phenoxy) is 2. The number of morpholine rings is 1. The van der Waals surface area contributed by atoms with Crippen LogP contribution in [0.25, 0.3) is 0 Å². The number of hydrogen-bond donors (Lipinski definition) is 1. The normalized spacial score (nSPS) is 14.9. The van der Waals surface area contributed by atoms with Gasteiger partial charge in [-0.15, -0.1) is 0 Å². The molecule has 1 saturated heterocycles. The molecule has 0 aromatic heterocycles. The highest BCUT2D eigenvalue weighted by atomic mass is 16.5. The third-order valence-corrected chi connectivity index (χ3v) is 4.14. The zero-order valence-electron chi connectivity index (χ0n) is 14.3. The maximum atomic E-state index is 12.2. The molecule has 132 valence electrons. The van der Waals surface area contributed by atoms with Gasteiger partial charge >= 0.3 is 0 Å². The highest BCUT2D eigenvalue weighted by Gasteiger charge is 2.10. The number of carbonyl (C=O) groups excluding carboxylic acids is 1. The van der Waals surface area contributed by atoms with Gasteiger partial charge in [0.1, 0.15) is 11.5 Å². The van der Waals surface area contributed by atoms with E-state index >= 15 is 0 Å². The van der Waals surface area contributed by atoms with E-state index in [0.29, 0.717) is 12.1 Å². The fraction of sp³-hybridized carbons (Fsp3) is 0.350. The molecular weight excluding hydrogens is 316 g/mol. The summed E-state index contributed by atoms with van der Waals surface area (Å²) in [5.74, 6) is 1.45. The van der Waals surface area contributed by atoms with Crippen LogP contribution in [-0.2, 0) is 4.74 Å². The van der Waals surface area contributed by atoms with Crippen LogP contribution in [0, 0.1) is 0 Å². The first-order chi connectivity index (χ1) is 12.3. The molecule has 1 aliphatic rings. The summed E-state index contributed by atoms with van der Waals surface area (Å²) in [5.41, 5.74) is 0.645. The highest BCUT2D eigenvalue weighted by Crippen LogP contribution is 2.21. The van der Waals surface area contributed by atoms with Gasteiger partial charge in [0.2, 0.25) is 0 Å². The number of benzene rings is 2. The van der Waals surface area contributed by atoms with Gasteiger partial charge in [-0.1, -0.05) is 18.2 Å². The van der Waals surface area contributed by atoms with E-state index in [9.17, 15) is 4.79 Å². The SMILES string of the molecule is O=C(NCCCN1CCOCC1)c1ccc(Oc2ccccc2)cc1. The first-order valence-corrected chi connectivity index (χ1v) is 8.72. The van der Waals surface area contributed by atoms with Gasteiger partial charge in [-0.2, -0.15) is 0 Å². The smallest absolute Gasteiger partial charge is 0.251 e. The Hall–Kier alpha value is -2.37. The average Bonchev–Trinajstić information content (AvgIpc) is 2.67. The van der Waals surface area contributed by atoms with Crippen molar-refractivity contribution in [1.82, 2.24) is 10.2 Å². The van der Waals surface area contributed by atoms with Gasteiger partial charge in [0, 0.05) is 25.2 Å². The summed E-state index contributed by atoms with van der Waals surface area (Å²) >= 11 is 0. The molecule has 5 heteroatoms. The van der Waals surface area contributed by atoms with Crippen LogP contribution in [0.4, 0.5) is 0 Å². The molecule has 1 fully saturated rings. The minimum absolute atomic E-state index is 0.0479. The van der Waals surface area contributed by atoms with Crippen molar-refractivity contribution < 1.29 is 14.3 Å². The molecule has 5 nitrogen and oxygen atoms in total. The van der Waals surface area contributed by atoms with E-state index in [4.69, 9.17) is 9.47 Å². The lowest BCUT2D eigenvalue weighted by Crippen LogP contribution is -2.38. The maximum absolute atomic E-state index is 12.2. The Morgan fingerprint density at radius 3 is 2.40 bits per heavy atom. The average molecular weight is 340 g/mol. The van der Waals surface area contributed by atoms with Crippen LogP contribution in [0.5, 0.6) is 11.5 Å². The van der Waals surface area contributed by atoms with E-state index in [2.05, 4.69) is 10.2 Å². The van der Waals surface area contributed by atoms with Crippen LogP contribution in [-0.4, -0.2) is 50.2 Å². The van der Waals surface area contributed by atoms with E-state index in [1.54, 1.807) is 12.1 Å². The largest absolute Gasteiger partial charge is 0.457 e. The number of hydrogen-bond acceptors (Lipinski definition) is 4. The second kappa shape index (κ2) is 9.20. The summed E-state index contributed by atoms with van der Waals surface area (Å²) in [6.07, 6.45) is 0.945. The topological polar surface area (TPSA) is 50.8 Å². The molecule has 0 unspecified atom stereocenters. The van der Waals surface area contributed by atoms with Crippen molar-refractivity contribution in [2.24, 2.45) is 0 Å². The van der Waals surface area contributed by atoms with Gasteiger partial charge in [-0.05, 0) is 49.4 Å². The molecule has 0 radical (unpaired) electrons. The zero-order valence-corrected chi connectivity index (χ0v) is 14.3. The number of rotatable bonds is 7. The molecule has 0 atom stereocenters. The summed E-state index contributed by atoms with van der Waals surface area (Å²) in [6, 6.07) is 16.8. The highest BCUT2D eigenvalue weighted by molar-refractivity contribution is 5.94. The number of nitrogens with zero attached hydrogens (tertiary/aromatic N) is 1. The fourth-order valence-electron chi connectivity index (χ4n) is 2.73. The molecule has 0 saturated carbocycles. The Bertz CT molecular complexity index is 652. The van der Waals surface area contributed by atoms with E-state index < -0.39 is 0 Å². The number of amides is 1. The minimum Gasteiger partial charge on any atom is -0.457 e. The molecule has 2 aromatic rings. The van der Waals surface area contributed by atoms with Gasteiger partial charge in [0.05, 0.1) is 13.2 Å².